The molecule has 104 valence electrons. The van der Waals surface area contributed by atoms with E-state index in [1.165, 1.54) is 20.3 Å². The van der Waals surface area contributed by atoms with Crippen LogP contribution in [0.5, 0.6) is 11.5 Å². The number of halogens is 1. The van der Waals surface area contributed by atoms with Gasteiger partial charge in [0.25, 0.3) is 0 Å². The van der Waals surface area contributed by atoms with Crippen molar-refractivity contribution < 1.29 is 18.7 Å². The fraction of sp³-hybridized carbons (Fsp3) is 0.188. The molecule has 2 aromatic carbocycles. The molecule has 0 spiro atoms. The zero-order valence-electron chi connectivity index (χ0n) is 11.6. The molecule has 3 nitrogen and oxygen atoms in total. The third-order valence-electron chi connectivity index (χ3n) is 3.05. The Hall–Kier alpha value is -2.36. The van der Waals surface area contributed by atoms with Crippen LogP contribution in [0.3, 0.4) is 0 Å². The van der Waals surface area contributed by atoms with Crippen LogP contribution in [0.25, 0.3) is 0 Å². The second kappa shape index (κ2) is 5.74. The molecule has 0 fully saturated rings. The minimum atomic E-state index is -0.501. The topological polar surface area (TPSA) is 35.5 Å². The summed E-state index contributed by atoms with van der Waals surface area (Å²) in [7, 11) is 2.99. The van der Waals surface area contributed by atoms with Gasteiger partial charge in [-0.2, -0.15) is 0 Å². The fourth-order valence-electron chi connectivity index (χ4n) is 1.92. The first kappa shape index (κ1) is 14.1. The highest BCUT2D eigenvalue weighted by Gasteiger charge is 2.17. The van der Waals surface area contributed by atoms with E-state index in [1.54, 1.807) is 37.3 Å². The minimum Gasteiger partial charge on any atom is -0.497 e. The molecule has 2 aromatic rings. The van der Waals surface area contributed by atoms with Gasteiger partial charge in [-0.05, 0) is 30.7 Å². The lowest BCUT2D eigenvalue weighted by atomic mass is 10.0. The van der Waals surface area contributed by atoms with Crippen molar-refractivity contribution in [3.8, 4) is 11.5 Å². The summed E-state index contributed by atoms with van der Waals surface area (Å²) in [6.45, 7) is 1.62. The highest BCUT2D eigenvalue weighted by molar-refractivity contribution is 6.09. The number of methoxy groups -OCH3 is 2. The average Bonchev–Trinajstić information content (AvgIpc) is 2.48. The van der Waals surface area contributed by atoms with Crippen LogP contribution in [0.4, 0.5) is 4.39 Å². The standard InChI is InChI=1S/C16H15FO3/c1-10-5-4-6-14(15(10)17)16(18)11-7-12(19-2)9-13(8-11)20-3/h4-9H,1-3H3. The van der Waals surface area contributed by atoms with Crippen molar-refractivity contribution in [3.05, 3.63) is 58.9 Å². The van der Waals surface area contributed by atoms with Crippen LogP contribution in [0.1, 0.15) is 21.5 Å². The van der Waals surface area contributed by atoms with Gasteiger partial charge in [-0.15, -0.1) is 0 Å². The highest BCUT2D eigenvalue weighted by atomic mass is 19.1. The summed E-state index contributed by atoms with van der Waals surface area (Å²) < 4.78 is 24.2. The van der Waals surface area contributed by atoms with Crippen LogP contribution in [-0.4, -0.2) is 20.0 Å². The molecule has 0 aliphatic heterocycles. The van der Waals surface area contributed by atoms with Crippen LogP contribution < -0.4 is 9.47 Å². The molecule has 0 aromatic heterocycles. The quantitative estimate of drug-likeness (QED) is 0.802. The minimum absolute atomic E-state index is 0.0420. The van der Waals surface area contributed by atoms with Gasteiger partial charge in [0.15, 0.2) is 5.78 Å². The Morgan fingerprint density at radius 3 is 2.20 bits per heavy atom. The number of carbonyl (C=O) groups is 1. The van der Waals surface area contributed by atoms with Gasteiger partial charge in [-0.25, -0.2) is 4.39 Å². The Morgan fingerprint density at radius 2 is 1.65 bits per heavy atom. The van der Waals surface area contributed by atoms with Gasteiger partial charge in [0.05, 0.1) is 19.8 Å². The molecule has 0 saturated carbocycles. The summed E-state index contributed by atoms with van der Waals surface area (Å²) >= 11 is 0. The molecule has 0 heterocycles. The van der Waals surface area contributed by atoms with Crippen LogP contribution in [0, 0.1) is 12.7 Å². The average molecular weight is 274 g/mol. The predicted octanol–water partition coefficient (Wildman–Crippen LogP) is 3.38. The number of hydrogen-bond acceptors (Lipinski definition) is 3. The molecule has 2 rings (SSSR count). The summed E-state index contributed by atoms with van der Waals surface area (Å²) in [6, 6.07) is 9.53. The Morgan fingerprint density at radius 1 is 1.05 bits per heavy atom. The van der Waals surface area contributed by atoms with Gasteiger partial charge >= 0.3 is 0 Å². The van der Waals surface area contributed by atoms with Crippen LogP contribution >= 0.6 is 0 Å². The first-order chi connectivity index (χ1) is 9.56. The molecule has 0 atom stereocenters. The Labute approximate surface area is 117 Å². The first-order valence-electron chi connectivity index (χ1n) is 6.09. The SMILES string of the molecule is COc1cc(OC)cc(C(=O)c2cccc(C)c2F)c1. The monoisotopic (exact) mass is 274 g/mol. The fourth-order valence-corrected chi connectivity index (χ4v) is 1.92. The van der Waals surface area contributed by atoms with Gasteiger partial charge in [-0.1, -0.05) is 12.1 Å². The maximum absolute atomic E-state index is 14.0. The molecule has 0 aliphatic carbocycles. The van der Waals surface area contributed by atoms with E-state index in [0.717, 1.165) is 0 Å². The third-order valence-corrected chi connectivity index (χ3v) is 3.05. The number of hydrogen-bond donors (Lipinski definition) is 0. The number of rotatable bonds is 4. The third kappa shape index (κ3) is 2.64. The zero-order chi connectivity index (χ0) is 14.7. The molecule has 4 heteroatoms. The number of ether oxygens (including phenoxy) is 2. The lowest BCUT2D eigenvalue weighted by Crippen LogP contribution is -2.06. The van der Waals surface area contributed by atoms with E-state index in [2.05, 4.69) is 0 Å². The van der Waals surface area contributed by atoms with Gasteiger partial charge < -0.3 is 9.47 Å². The number of ketones is 1. The summed E-state index contributed by atoms with van der Waals surface area (Å²) in [5.41, 5.74) is 0.803. The molecule has 0 bridgehead atoms. The number of benzene rings is 2. The Kier molecular flexibility index (Phi) is 4.03. The van der Waals surface area contributed by atoms with Crippen molar-refractivity contribution in [3.63, 3.8) is 0 Å². The summed E-state index contributed by atoms with van der Waals surface area (Å²) in [5, 5.41) is 0. The highest BCUT2D eigenvalue weighted by Crippen LogP contribution is 2.25. The van der Waals surface area contributed by atoms with Crippen molar-refractivity contribution in [2.24, 2.45) is 0 Å². The zero-order valence-corrected chi connectivity index (χ0v) is 11.6. The molecule has 20 heavy (non-hydrogen) atoms. The molecule has 0 unspecified atom stereocenters. The number of carbonyl (C=O) groups excluding carboxylic acids is 1. The van der Waals surface area contributed by atoms with Gasteiger partial charge in [-0.3, -0.25) is 4.79 Å². The molecule has 0 aliphatic rings. The largest absolute Gasteiger partial charge is 0.497 e. The van der Waals surface area contributed by atoms with E-state index in [0.29, 0.717) is 22.6 Å². The molecule has 0 radical (unpaired) electrons. The lowest BCUT2D eigenvalue weighted by molar-refractivity contribution is 0.103. The summed E-state index contributed by atoms with van der Waals surface area (Å²) in [5.74, 6) is 0.0733. The van der Waals surface area contributed by atoms with E-state index in [4.69, 9.17) is 9.47 Å². The second-order valence-electron chi connectivity index (χ2n) is 4.37. The van der Waals surface area contributed by atoms with E-state index >= 15 is 0 Å². The smallest absolute Gasteiger partial charge is 0.196 e. The van der Waals surface area contributed by atoms with Gasteiger partial charge in [0.1, 0.15) is 17.3 Å². The van der Waals surface area contributed by atoms with Crippen LogP contribution in [0.2, 0.25) is 0 Å². The normalized spacial score (nSPS) is 10.2. The van der Waals surface area contributed by atoms with Crippen molar-refractivity contribution in [2.45, 2.75) is 6.92 Å². The van der Waals surface area contributed by atoms with Crippen molar-refractivity contribution in [1.29, 1.82) is 0 Å². The van der Waals surface area contributed by atoms with Gasteiger partial charge in [0, 0.05) is 11.6 Å². The molecular formula is C16H15FO3. The maximum Gasteiger partial charge on any atom is 0.196 e. The van der Waals surface area contributed by atoms with E-state index in [9.17, 15) is 9.18 Å². The van der Waals surface area contributed by atoms with Gasteiger partial charge in [0.2, 0.25) is 0 Å². The second-order valence-corrected chi connectivity index (χ2v) is 4.37. The number of aryl methyl sites for hydroxylation is 1. The van der Waals surface area contributed by atoms with Crippen molar-refractivity contribution in [1.82, 2.24) is 0 Å². The van der Waals surface area contributed by atoms with Crippen molar-refractivity contribution in [2.75, 3.05) is 14.2 Å². The van der Waals surface area contributed by atoms with Crippen LogP contribution in [0.15, 0.2) is 36.4 Å². The molecule has 0 N–H and O–H groups in total. The Balaban J connectivity index is 2.50. The Bertz CT molecular complexity index is 628. The van der Waals surface area contributed by atoms with E-state index < -0.39 is 11.6 Å². The predicted molar refractivity (Wildman–Crippen MR) is 74.1 cm³/mol. The first-order valence-corrected chi connectivity index (χ1v) is 6.09. The maximum atomic E-state index is 14.0. The molecular weight excluding hydrogens is 259 g/mol. The lowest BCUT2D eigenvalue weighted by Gasteiger charge is -2.09. The van der Waals surface area contributed by atoms with E-state index in [-0.39, 0.29) is 5.56 Å². The van der Waals surface area contributed by atoms with Crippen molar-refractivity contribution >= 4 is 5.78 Å². The van der Waals surface area contributed by atoms with Crippen LogP contribution in [-0.2, 0) is 0 Å². The molecule has 0 saturated heterocycles. The molecule has 0 amide bonds. The summed E-state index contributed by atoms with van der Waals surface area (Å²) in [4.78, 5) is 12.4. The summed E-state index contributed by atoms with van der Waals surface area (Å²) in [6.07, 6.45) is 0. The van der Waals surface area contributed by atoms with E-state index in [1.807, 2.05) is 0 Å².